The molecule has 3 atom stereocenters. The molecule has 0 spiro atoms. The fourth-order valence-corrected chi connectivity index (χ4v) is 3.73. The zero-order valence-corrected chi connectivity index (χ0v) is 13.1. The van der Waals surface area contributed by atoms with Crippen LogP contribution in [0.1, 0.15) is 37.6 Å². The molecule has 0 radical (unpaired) electrons. The third-order valence-corrected chi connectivity index (χ3v) is 5.57. The van der Waals surface area contributed by atoms with E-state index in [1.54, 1.807) is 0 Å². The smallest absolute Gasteiger partial charge is 0.0847 e. The molecule has 1 aliphatic carbocycles. The predicted octanol–water partition coefficient (Wildman–Crippen LogP) is 4.12. The second-order valence-electron chi connectivity index (χ2n) is 5.37. The second-order valence-corrected chi connectivity index (χ2v) is 6.92. The van der Waals surface area contributed by atoms with Gasteiger partial charge >= 0.3 is 0 Å². The number of rotatable bonds is 2. The average molecular weight is 320 g/mol. The van der Waals surface area contributed by atoms with Crippen LogP contribution in [0, 0.1) is 18.8 Å². The lowest BCUT2D eigenvalue weighted by Crippen LogP contribution is -2.26. The van der Waals surface area contributed by atoms with Crippen molar-refractivity contribution in [1.29, 1.82) is 0 Å². The topological polar surface area (TPSA) is 17.8 Å². The minimum Gasteiger partial charge on any atom is -0.271 e. The summed E-state index contributed by atoms with van der Waals surface area (Å²) >= 11 is 10.1. The summed E-state index contributed by atoms with van der Waals surface area (Å²) < 4.78 is 1.94. The van der Waals surface area contributed by atoms with Crippen LogP contribution in [0.25, 0.3) is 0 Å². The lowest BCUT2D eigenvalue weighted by molar-refractivity contribution is 0.291. The van der Waals surface area contributed by atoms with Crippen LogP contribution >= 0.6 is 27.5 Å². The average Bonchev–Trinajstić information content (AvgIpc) is 2.50. The first-order valence-electron chi connectivity index (χ1n) is 6.31. The molecule has 0 saturated heterocycles. The molecule has 0 aromatic carbocycles. The van der Waals surface area contributed by atoms with Crippen LogP contribution in [-0.2, 0) is 13.5 Å². The monoisotopic (exact) mass is 318 g/mol. The Balaban J connectivity index is 2.14. The molecule has 4 heteroatoms. The minimum absolute atomic E-state index is 0.630. The molecule has 0 bridgehead atoms. The number of hydrogen-bond donors (Lipinski definition) is 0. The summed E-state index contributed by atoms with van der Waals surface area (Å²) in [6.07, 6.45) is 4.94. The molecule has 0 N–H and O–H groups in total. The second kappa shape index (κ2) is 5.31. The lowest BCUT2D eigenvalue weighted by Gasteiger charge is -2.31. The maximum Gasteiger partial charge on any atom is 0.0847 e. The van der Waals surface area contributed by atoms with Gasteiger partial charge in [0.25, 0.3) is 0 Å². The Bertz CT molecular complexity index is 402. The molecule has 1 aromatic rings. The van der Waals surface area contributed by atoms with Crippen molar-refractivity contribution in [1.82, 2.24) is 9.78 Å². The lowest BCUT2D eigenvalue weighted by atomic mass is 9.80. The fourth-order valence-electron chi connectivity index (χ4n) is 2.82. The molecule has 1 aromatic heterocycles. The molecule has 2 nitrogen and oxygen atoms in total. The van der Waals surface area contributed by atoms with E-state index < -0.39 is 0 Å². The van der Waals surface area contributed by atoms with E-state index in [2.05, 4.69) is 28.0 Å². The van der Waals surface area contributed by atoms with Crippen molar-refractivity contribution in [3.8, 4) is 0 Å². The van der Waals surface area contributed by atoms with E-state index in [0.717, 1.165) is 23.1 Å². The Morgan fingerprint density at radius 2 is 2.18 bits per heavy atom. The van der Waals surface area contributed by atoms with Crippen LogP contribution in [0.15, 0.2) is 0 Å². The van der Waals surface area contributed by atoms with Gasteiger partial charge in [-0.15, -0.1) is 0 Å². The molecule has 1 fully saturated rings. The van der Waals surface area contributed by atoms with Crippen LogP contribution < -0.4 is 0 Å². The van der Waals surface area contributed by atoms with E-state index in [1.165, 1.54) is 25.0 Å². The molecule has 1 heterocycles. The predicted molar refractivity (Wildman–Crippen MR) is 75.9 cm³/mol. The van der Waals surface area contributed by atoms with Crippen LogP contribution in [-0.4, -0.2) is 14.6 Å². The molecule has 1 saturated carbocycles. The molecule has 3 unspecified atom stereocenters. The Hall–Kier alpha value is -0.0200. The first-order chi connectivity index (χ1) is 7.99. The Morgan fingerprint density at radius 3 is 2.76 bits per heavy atom. The van der Waals surface area contributed by atoms with Gasteiger partial charge in [-0.3, -0.25) is 4.68 Å². The summed E-state index contributed by atoms with van der Waals surface area (Å²) in [6, 6.07) is 0. The van der Waals surface area contributed by atoms with E-state index in [4.69, 9.17) is 11.6 Å². The first kappa shape index (κ1) is 13.4. The van der Waals surface area contributed by atoms with Crippen LogP contribution in [0.4, 0.5) is 0 Å². The number of aromatic nitrogens is 2. The highest BCUT2D eigenvalue weighted by molar-refractivity contribution is 9.09. The Morgan fingerprint density at radius 1 is 1.47 bits per heavy atom. The third-order valence-electron chi connectivity index (χ3n) is 3.87. The molecule has 2 rings (SSSR count). The van der Waals surface area contributed by atoms with E-state index in [0.29, 0.717) is 10.7 Å². The molecule has 96 valence electrons. The summed E-state index contributed by atoms with van der Waals surface area (Å²) in [6.45, 7) is 4.32. The van der Waals surface area contributed by atoms with Crippen molar-refractivity contribution < 1.29 is 0 Å². The summed E-state index contributed by atoms with van der Waals surface area (Å²) in [4.78, 5) is 0.630. The van der Waals surface area contributed by atoms with Crippen LogP contribution in [0.5, 0.6) is 0 Å². The number of halogens is 2. The van der Waals surface area contributed by atoms with Crippen LogP contribution in [0.2, 0.25) is 5.02 Å². The SMILES string of the molecule is Cc1nn(C)c(CC2CC(C)CCC2Br)c1Cl. The molecular formula is C13H20BrClN2. The van der Waals surface area contributed by atoms with Crippen molar-refractivity contribution >= 4 is 27.5 Å². The van der Waals surface area contributed by atoms with Crippen molar-refractivity contribution in [2.24, 2.45) is 18.9 Å². The van der Waals surface area contributed by atoms with Gasteiger partial charge in [-0.05, 0) is 44.4 Å². The van der Waals surface area contributed by atoms with Gasteiger partial charge in [0.2, 0.25) is 0 Å². The Kier molecular flexibility index (Phi) is 4.19. The number of aryl methyl sites for hydroxylation is 2. The van der Waals surface area contributed by atoms with E-state index in [9.17, 15) is 0 Å². The van der Waals surface area contributed by atoms with Crippen LogP contribution in [0.3, 0.4) is 0 Å². The van der Waals surface area contributed by atoms with Gasteiger partial charge in [-0.25, -0.2) is 0 Å². The molecular weight excluding hydrogens is 300 g/mol. The van der Waals surface area contributed by atoms with E-state index in [1.807, 2.05) is 18.7 Å². The van der Waals surface area contributed by atoms with Crippen molar-refractivity contribution in [2.75, 3.05) is 0 Å². The minimum atomic E-state index is 0.630. The van der Waals surface area contributed by atoms with Crippen molar-refractivity contribution in [3.05, 3.63) is 16.4 Å². The number of nitrogens with zero attached hydrogens (tertiary/aromatic N) is 2. The van der Waals surface area contributed by atoms with Gasteiger partial charge in [-0.2, -0.15) is 5.10 Å². The summed E-state index contributed by atoms with van der Waals surface area (Å²) in [5.41, 5.74) is 2.13. The van der Waals surface area contributed by atoms with Gasteiger partial charge in [0, 0.05) is 11.9 Å². The highest BCUT2D eigenvalue weighted by atomic mass is 79.9. The summed E-state index contributed by atoms with van der Waals surface area (Å²) in [5, 5.41) is 5.24. The summed E-state index contributed by atoms with van der Waals surface area (Å²) in [5.74, 6) is 1.52. The largest absolute Gasteiger partial charge is 0.271 e. The normalized spacial score (nSPS) is 29.6. The van der Waals surface area contributed by atoms with Gasteiger partial charge in [-0.1, -0.05) is 34.5 Å². The zero-order chi connectivity index (χ0) is 12.6. The highest BCUT2D eigenvalue weighted by Gasteiger charge is 2.28. The standard InChI is InChI=1S/C13H20BrClN2/c1-8-4-5-11(14)10(6-8)7-12-13(15)9(2)16-17(12)3/h8,10-11H,4-7H2,1-3H3. The zero-order valence-electron chi connectivity index (χ0n) is 10.7. The van der Waals surface area contributed by atoms with E-state index >= 15 is 0 Å². The van der Waals surface area contributed by atoms with Gasteiger partial charge in [0.15, 0.2) is 0 Å². The van der Waals surface area contributed by atoms with E-state index in [-0.39, 0.29) is 0 Å². The quantitative estimate of drug-likeness (QED) is 0.750. The molecule has 17 heavy (non-hydrogen) atoms. The molecule has 1 aliphatic rings. The number of hydrogen-bond acceptors (Lipinski definition) is 1. The molecule has 0 aliphatic heterocycles. The Labute approximate surface area is 117 Å². The van der Waals surface area contributed by atoms with Crippen molar-refractivity contribution in [3.63, 3.8) is 0 Å². The number of alkyl halides is 1. The van der Waals surface area contributed by atoms with Gasteiger partial charge < -0.3 is 0 Å². The fraction of sp³-hybridized carbons (Fsp3) is 0.769. The highest BCUT2D eigenvalue weighted by Crippen LogP contribution is 2.36. The molecule has 0 amide bonds. The van der Waals surface area contributed by atoms with Gasteiger partial charge in [0.1, 0.15) is 0 Å². The summed E-state index contributed by atoms with van der Waals surface area (Å²) in [7, 11) is 1.99. The maximum absolute atomic E-state index is 6.32. The van der Waals surface area contributed by atoms with Gasteiger partial charge in [0.05, 0.1) is 16.4 Å². The maximum atomic E-state index is 6.32. The third kappa shape index (κ3) is 2.87. The van der Waals surface area contributed by atoms with Crippen molar-refractivity contribution in [2.45, 2.75) is 44.4 Å². The first-order valence-corrected chi connectivity index (χ1v) is 7.60.